The van der Waals surface area contributed by atoms with Crippen LogP contribution >= 0.6 is 23.4 Å². The first-order valence-corrected chi connectivity index (χ1v) is 8.60. The SMILES string of the molecule is Cn1nnnc1SCC[NH2+]Cc1ccc(-c2ccc(Cl)cc2)o1.[Cl-]. The van der Waals surface area contributed by atoms with Crippen LogP contribution in [0.4, 0.5) is 0 Å². The fourth-order valence-electron chi connectivity index (χ4n) is 2.08. The van der Waals surface area contributed by atoms with Crippen molar-refractivity contribution in [3.8, 4) is 11.3 Å². The van der Waals surface area contributed by atoms with Crippen molar-refractivity contribution in [2.45, 2.75) is 11.7 Å². The number of quaternary nitrogens is 1. The van der Waals surface area contributed by atoms with E-state index in [0.717, 1.165) is 46.1 Å². The van der Waals surface area contributed by atoms with E-state index >= 15 is 0 Å². The number of nitrogens with zero attached hydrogens (tertiary/aromatic N) is 4. The highest BCUT2D eigenvalue weighted by molar-refractivity contribution is 7.99. The van der Waals surface area contributed by atoms with Crippen molar-refractivity contribution in [1.82, 2.24) is 20.2 Å². The maximum Gasteiger partial charge on any atom is 0.209 e. The molecule has 0 saturated heterocycles. The second-order valence-corrected chi connectivity index (χ2v) is 6.49. The number of hydrogen-bond donors (Lipinski definition) is 1. The molecule has 0 bridgehead atoms. The fourth-order valence-corrected chi connectivity index (χ4v) is 2.99. The van der Waals surface area contributed by atoms with Crippen molar-refractivity contribution in [3.05, 3.63) is 47.2 Å². The molecule has 128 valence electrons. The Morgan fingerprint density at radius 3 is 2.71 bits per heavy atom. The molecule has 6 nitrogen and oxygen atoms in total. The number of furan rings is 1. The van der Waals surface area contributed by atoms with Gasteiger partial charge in [-0.3, -0.25) is 0 Å². The summed E-state index contributed by atoms with van der Waals surface area (Å²) in [7, 11) is 1.84. The summed E-state index contributed by atoms with van der Waals surface area (Å²) in [6, 6.07) is 11.7. The maximum atomic E-state index is 5.90. The molecule has 0 aliphatic rings. The van der Waals surface area contributed by atoms with Gasteiger partial charge in [-0.05, 0) is 46.8 Å². The predicted octanol–water partition coefficient (Wildman–Crippen LogP) is -1.02. The summed E-state index contributed by atoms with van der Waals surface area (Å²) in [5, 5.41) is 15.1. The minimum absolute atomic E-state index is 0. The summed E-state index contributed by atoms with van der Waals surface area (Å²) >= 11 is 7.54. The molecular formula is C15H17Cl2N5OS. The van der Waals surface area contributed by atoms with Gasteiger partial charge in [0.15, 0.2) is 5.76 Å². The van der Waals surface area contributed by atoms with Gasteiger partial charge in [-0.25, -0.2) is 4.68 Å². The number of aryl methyl sites for hydroxylation is 1. The average molecular weight is 386 g/mol. The molecule has 0 amide bonds. The van der Waals surface area contributed by atoms with Gasteiger partial charge in [0.05, 0.1) is 12.3 Å². The Morgan fingerprint density at radius 2 is 2.00 bits per heavy atom. The van der Waals surface area contributed by atoms with Gasteiger partial charge in [-0.15, -0.1) is 5.10 Å². The van der Waals surface area contributed by atoms with Crippen LogP contribution < -0.4 is 17.7 Å². The molecule has 0 radical (unpaired) electrons. The number of rotatable bonds is 7. The van der Waals surface area contributed by atoms with E-state index in [0.29, 0.717) is 0 Å². The molecule has 0 saturated carbocycles. The van der Waals surface area contributed by atoms with Crippen LogP contribution in [0, 0.1) is 0 Å². The zero-order valence-electron chi connectivity index (χ0n) is 13.0. The first-order valence-electron chi connectivity index (χ1n) is 7.24. The Bertz CT molecular complexity index is 759. The predicted molar refractivity (Wildman–Crippen MR) is 89.2 cm³/mol. The number of aromatic nitrogens is 4. The molecule has 3 aromatic rings. The van der Waals surface area contributed by atoms with Crippen molar-refractivity contribution in [3.63, 3.8) is 0 Å². The monoisotopic (exact) mass is 385 g/mol. The molecule has 0 unspecified atom stereocenters. The number of halogens is 2. The summed E-state index contributed by atoms with van der Waals surface area (Å²) in [6.45, 7) is 1.78. The molecule has 0 aliphatic carbocycles. The topological polar surface area (TPSA) is 73.3 Å². The maximum absolute atomic E-state index is 5.90. The third kappa shape index (κ3) is 4.98. The highest BCUT2D eigenvalue weighted by atomic mass is 35.5. The lowest BCUT2D eigenvalue weighted by Crippen LogP contribution is -3.00. The third-order valence-electron chi connectivity index (χ3n) is 3.27. The van der Waals surface area contributed by atoms with E-state index in [-0.39, 0.29) is 12.4 Å². The Balaban J connectivity index is 0.00000208. The van der Waals surface area contributed by atoms with Crippen molar-refractivity contribution < 1.29 is 22.1 Å². The zero-order chi connectivity index (χ0) is 16.1. The van der Waals surface area contributed by atoms with E-state index in [1.807, 2.05) is 43.4 Å². The van der Waals surface area contributed by atoms with Crippen LogP contribution in [0.15, 0.2) is 46.0 Å². The van der Waals surface area contributed by atoms with Crippen LogP contribution in [0.2, 0.25) is 5.02 Å². The van der Waals surface area contributed by atoms with Crippen LogP contribution in [0.5, 0.6) is 0 Å². The summed E-state index contributed by atoms with van der Waals surface area (Å²) in [5.74, 6) is 2.77. The molecular weight excluding hydrogens is 369 g/mol. The van der Waals surface area contributed by atoms with Gasteiger partial charge in [0, 0.05) is 17.6 Å². The quantitative estimate of drug-likeness (QED) is 0.416. The molecule has 1 aromatic carbocycles. The minimum Gasteiger partial charge on any atom is -1.00 e. The van der Waals surface area contributed by atoms with Crippen LogP contribution in [0.1, 0.15) is 5.76 Å². The van der Waals surface area contributed by atoms with Gasteiger partial charge in [0.2, 0.25) is 5.16 Å². The molecule has 2 heterocycles. The smallest absolute Gasteiger partial charge is 0.209 e. The second-order valence-electron chi connectivity index (χ2n) is 4.99. The first kappa shape index (κ1) is 18.8. The molecule has 2 N–H and O–H groups in total. The van der Waals surface area contributed by atoms with Crippen molar-refractivity contribution >= 4 is 23.4 Å². The van der Waals surface area contributed by atoms with Gasteiger partial charge in [-0.2, -0.15) is 0 Å². The largest absolute Gasteiger partial charge is 1.00 e. The normalized spacial score (nSPS) is 10.6. The number of benzene rings is 1. The fraction of sp³-hybridized carbons (Fsp3) is 0.267. The van der Waals surface area contributed by atoms with Gasteiger partial charge < -0.3 is 22.1 Å². The van der Waals surface area contributed by atoms with E-state index < -0.39 is 0 Å². The molecule has 9 heteroatoms. The number of thioether (sulfide) groups is 1. The summed E-state index contributed by atoms with van der Waals surface area (Å²) in [6.07, 6.45) is 0. The van der Waals surface area contributed by atoms with Crippen molar-refractivity contribution in [1.29, 1.82) is 0 Å². The third-order valence-corrected chi connectivity index (χ3v) is 4.57. The molecule has 0 spiro atoms. The zero-order valence-corrected chi connectivity index (χ0v) is 15.4. The van der Waals surface area contributed by atoms with Gasteiger partial charge in [0.25, 0.3) is 0 Å². The second kappa shape index (κ2) is 9.08. The van der Waals surface area contributed by atoms with Gasteiger partial charge >= 0.3 is 0 Å². The van der Waals surface area contributed by atoms with Crippen molar-refractivity contribution in [2.75, 3.05) is 12.3 Å². The Labute approximate surface area is 155 Å². The van der Waals surface area contributed by atoms with E-state index in [4.69, 9.17) is 16.0 Å². The number of tetrazole rings is 1. The van der Waals surface area contributed by atoms with Crippen LogP contribution in [0.3, 0.4) is 0 Å². The molecule has 0 atom stereocenters. The average Bonchev–Trinajstić information content (AvgIpc) is 3.17. The number of nitrogens with two attached hydrogens (primary N) is 1. The summed E-state index contributed by atoms with van der Waals surface area (Å²) in [5.41, 5.74) is 1.03. The molecule has 0 aliphatic heterocycles. The molecule has 0 fully saturated rings. The lowest BCUT2D eigenvalue weighted by Gasteiger charge is -2.00. The lowest BCUT2D eigenvalue weighted by molar-refractivity contribution is -0.668. The Hall–Kier alpha value is -1.54. The Kier molecular flexibility index (Phi) is 7.11. The van der Waals surface area contributed by atoms with Gasteiger partial charge in [0.1, 0.15) is 12.3 Å². The lowest BCUT2D eigenvalue weighted by atomic mass is 10.2. The summed E-state index contributed by atoms with van der Waals surface area (Å²) in [4.78, 5) is 0. The van der Waals surface area contributed by atoms with Gasteiger partial charge in [-0.1, -0.05) is 23.4 Å². The highest BCUT2D eigenvalue weighted by Gasteiger charge is 2.07. The first-order chi connectivity index (χ1) is 11.2. The number of hydrogen-bond acceptors (Lipinski definition) is 5. The Morgan fingerprint density at radius 1 is 1.21 bits per heavy atom. The highest BCUT2D eigenvalue weighted by Crippen LogP contribution is 2.23. The van der Waals surface area contributed by atoms with Crippen LogP contribution in [-0.2, 0) is 13.6 Å². The van der Waals surface area contributed by atoms with Crippen LogP contribution in [-0.4, -0.2) is 32.5 Å². The standard InChI is InChI=1S/C15H16ClN5OS.ClH/c1-21-15(18-19-20-21)23-9-8-17-10-13-6-7-14(22-13)11-2-4-12(16)5-3-11;/h2-7,17H,8-10H2,1H3;1H. The molecule has 2 aromatic heterocycles. The molecule has 3 rings (SSSR count). The molecule has 24 heavy (non-hydrogen) atoms. The minimum atomic E-state index is 0. The summed E-state index contributed by atoms with van der Waals surface area (Å²) < 4.78 is 7.54. The van der Waals surface area contributed by atoms with Crippen molar-refractivity contribution in [2.24, 2.45) is 7.05 Å². The van der Waals surface area contributed by atoms with E-state index in [1.165, 1.54) is 0 Å². The van der Waals surface area contributed by atoms with E-state index in [9.17, 15) is 0 Å². The van der Waals surface area contributed by atoms with E-state index in [2.05, 4.69) is 20.8 Å². The van der Waals surface area contributed by atoms with E-state index in [1.54, 1.807) is 16.4 Å². The van der Waals surface area contributed by atoms with Crippen LogP contribution in [0.25, 0.3) is 11.3 Å².